The van der Waals surface area contributed by atoms with E-state index in [2.05, 4.69) is 52.3 Å². The van der Waals surface area contributed by atoms with E-state index in [0.717, 1.165) is 0 Å². The molecule has 1 heteroatoms. The van der Waals surface area contributed by atoms with Gasteiger partial charge in [-0.25, -0.2) is 0 Å². The smallest absolute Gasteiger partial charge is 0.0268 e. The largest absolute Gasteiger partial charge is 0.351 e. The van der Waals surface area contributed by atoms with E-state index in [0.29, 0.717) is 10.8 Å². The Labute approximate surface area is 87.1 Å². The molecule has 0 saturated carbocycles. The topological polar surface area (TPSA) is 4.93 Å². The molecule has 0 unspecified atom stereocenters. The molecule has 0 fully saturated rings. The van der Waals surface area contributed by atoms with E-state index < -0.39 is 0 Å². The highest BCUT2D eigenvalue weighted by Crippen LogP contribution is 2.49. The van der Waals surface area contributed by atoms with Crippen LogP contribution in [0.2, 0.25) is 0 Å². The minimum atomic E-state index is 0.335. The first-order valence-corrected chi connectivity index (χ1v) is 5.43. The summed E-state index contributed by atoms with van der Waals surface area (Å²) in [5.41, 5.74) is 5.17. The molecule has 1 aliphatic carbocycles. The molecule has 0 amide bonds. The molecule has 0 atom stereocenters. The third-order valence-electron chi connectivity index (χ3n) is 3.73. The molecule has 78 valence electrons. The maximum absolute atomic E-state index is 2.37. The number of aryl methyl sites for hydroxylation is 1. The average molecular weight is 191 g/mol. The van der Waals surface area contributed by atoms with Gasteiger partial charge in [-0.3, -0.25) is 0 Å². The fourth-order valence-electron chi connectivity index (χ4n) is 3.35. The van der Waals surface area contributed by atoms with Crippen LogP contribution in [0.25, 0.3) is 0 Å². The van der Waals surface area contributed by atoms with E-state index in [1.807, 2.05) is 0 Å². The molecule has 1 nitrogen and oxygen atoms in total. The zero-order valence-electron chi connectivity index (χ0n) is 10.2. The SMILES string of the molecule is Cc1cc2c(n1C)C(C)(C)CC2(C)C. The Morgan fingerprint density at radius 3 is 2.21 bits per heavy atom. The Hall–Kier alpha value is -0.720. The molecule has 1 aromatic heterocycles. The average Bonchev–Trinajstić information content (AvgIpc) is 2.34. The molecule has 0 N–H and O–H groups in total. The van der Waals surface area contributed by atoms with Crippen molar-refractivity contribution in [3.8, 4) is 0 Å². The minimum Gasteiger partial charge on any atom is -0.351 e. The highest BCUT2D eigenvalue weighted by molar-refractivity contribution is 5.43. The molecular weight excluding hydrogens is 170 g/mol. The summed E-state index contributed by atoms with van der Waals surface area (Å²) in [5, 5.41) is 0. The molecule has 0 aliphatic heterocycles. The maximum atomic E-state index is 2.37. The second kappa shape index (κ2) is 2.44. The number of fused-ring (bicyclic) bond motifs is 1. The van der Waals surface area contributed by atoms with E-state index in [9.17, 15) is 0 Å². The second-order valence-electron chi connectivity index (χ2n) is 6.05. The Morgan fingerprint density at radius 1 is 1.14 bits per heavy atom. The molecular formula is C13H21N. The summed E-state index contributed by atoms with van der Waals surface area (Å²) in [6.45, 7) is 11.6. The van der Waals surface area contributed by atoms with Gasteiger partial charge in [-0.05, 0) is 30.4 Å². The van der Waals surface area contributed by atoms with Crippen molar-refractivity contribution >= 4 is 0 Å². The van der Waals surface area contributed by atoms with Crippen molar-refractivity contribution in [3.63, 3.8) is 0 Å². The molecule has 1 aromatic rings. The van der Waals surface area contributed by atoms with Gasteiger partial charge in [-0.2, -0.15) is 0 Å². The normalized spacial score (nSPS) is 22.4. The first-order valence-electron chi connectivity index (χ1n) is 5.43. The Kier molecular flexibility index (Phi) is 1.72. The van der Waals surface area contributed by atoms with Gasteiger partial charge in [0, 0.05) is 23.9 Å². The molecule has 0 aromatic carbocycles. The lowest BCUT2D eigenvalue weighted by atomic mass is 9.82. The fraction of sp³-hybridized carbons (Fsp3) is 0.692. The van der Waals surface area contributed by atoms with Gasteiger partial charge in [0.1, 0.15) is 0 Å². The van der Waals surface area contributed by atoms with Crippen LogP contribution in [-0.4, -0.2) is 4.57 Å². The first-order chi connectivity index (χ1) is 6.26. The fourth-order valence-corrected chi connectivity index (χ4v) is 3.35. The van der Waals surface area contributed by atoms with Gasteiger partial charge >= 0.3 is 0 Å². The van der Waals surface area contributed by atoms with Crippen LogP contribution in [0.3, 0.4) is 0 Å². The van der Waals surface area contributed by atoms with Crippen LogP contribution < -0.4 is 0 Å². The van der Waals surface area contributed by atoms with Gasteiger partial charge in [-0.1, -0.05) is 27.7 Å². The third kappa shape index (κ3) is 1.08. The Bertz CT molecular complexity index is 380. The van der Waals surface area contributed by atoms with Gasteiger partial charge < -0.3 is 4.57 Å². The van der Waals surface area contributed by atoms with Crippen molar-refractivity contribution in [3.05, 3.63) is 23.0 Å². The number of hydrogen-bond acceptors (Lipinski definition) is 0. The van der Waals surface area contributed by atoms with Crippen molar-refractivity contribution in [2.75, 3.05) is 0 Å². The summed E-state index contributed by atoms with van der Waals surface area (Å²) in [4.78, 5) is 0. The molecule has 0 bridgehead atoms. The van der Waals surface area contributed by atoms with Crippen molar-refractivity contribution in [2.24, 2.45) is 7.05 Å². The van der Waals surface area contributed by atoms with Gasteiger partial charge in [0.2, 0.25) is 0 Å². The zero-order chi connectivity index (χ0) is 10.7. The Morgan fingerprint density at radius 2 is 1.71 bits per heavy atom. The van der Waals surface area contributed by atoms with Gasteiger partial charge in [0.05, 0.1) is 0 Å². The maximum Gasteiger partial charge on any atom is 0.0268 e. The van der Waals surface area contributed by atoms with Crippen LogP contribution in [0, 0.1) is 6.92 Å². The predicted octanol–water partition coefficient (Wildman–Crippen LogP) is 3.29. The van der Waals surface area contributed by atoms with Crippen LogP contribution in [-0.2, 0) is 17.9 Å². The molecule has 1 heterocycles. The third-order valence-corrected chi connectivity index (χ3v) is 3.73. The quantitative estimate of drug-likeness (QED) is 0.593. The van der Waals surface area contributed by atoms with Crippen molar-refractivity contribution in [1.29, 1.82) is 0 Å². The predicted molar refractivity (Wildman–Crippen MR) is 60.8 cm³/mol. The van der Waals surface area contributed by atoms with E-state index >= 15 is 0 Å². The molecule has 0 spiro atoms. The zero-order valence-corrected chi connectivity index (χ0v) is 10.2. The van der Waals surface area contributed by atoms with Crippen molar-refractivity contribution in [1.82, 2.24) is 4.57 Å². The summed E-state index contributed by atoms with van der Waals surface area (Å²) in [5.74, 6) is 0. The molecule has 1 aliphatic rings. The van der Waals surface area contributed by atoms with Gasteiger partial charge in [-0.15, -0.1) is 0 Å². The molecule has 0 saturated heterocycles. The minimum absolute atomic E-state index is 0.335. The number of nitrogens with zero attached hydrogens (tertiary/aromatic N) is 1. The summed E-state index contributed by atoms with van der Waals surface area (Å²) in [6.07, 6.45) is 1.26. The first kappa shape index (κ1) is 9.82. The molecule has 2 rings (SSSR count). The van der Waals surface area contributed by atoms with Crippen molar-refractivity contribution in [2.45, 2.75) is 51.9 Å². The highest BCUT2D eigenvalue weighted by atomic mass is 15.0. The van der Waals surface area contributed by atoms with Gasteiger partial charge in [0.25, 0.3) is 0 Å². The van der Waals surface area contributed by atoms with Gasteiger partial charge in [0.15, 0.2) is 0 Å². The van der Waals surface area contributed by atoms with Crippen LogP contribution >= 0.6 is 0 Å². The number of aromatic nitrogens is 1. The Balaban J connectivity index is 2.72. The number of rotatable bonds is 0. The summed E-state index contributed by atoms with van der Waals surface area (Å²) in [7, 11) is 2.19. The number of hydrogen-bond donors (Lipinski definition) is 0. The van der Waals surface area contributed by atoms with E-state index in [1.165, 1.54) is 12.1 Å². The molecule has 14 heavy (non-hydrogen) atoms. The van der Waals surface area contributed by atoms with Crippen molar-refractivity contribution < 1.29 is 0 Å². The standard InChI is InChI=1S/C13H21N/c1-9-7-10-11(14(9)6)13(4,5)8-12(10,2)3/h7H,8H2,1-6H3. The summed E-state index contributed by atoms with van der Waals surface area (Å²) in [6, 6.07) is 2.37. The molecule has 0 radical (unpaired) electrons. The van der Waals surface area contributed by atoms with Crippen LogP contribution in [0.1, 0.15) is 51.1 Å². The van der Waals surface area contributed by atoms with E-state index in [-0.39, 0.29) is 0 Å². The van der Waals surface area contributed by atoms with E-state index in [1.54, 1.807) is 11.3 Å². The highest BCUT2D eigenvalue weighted by Gasteiger charge is 2.44. The van der Waals surface area contributed by atoms with Crippen LogP contribution in [0.15, 0.2) is 6.07 Å². The lowest BCUT2D eigenvalue weighted by Crippen LogP contribution is -2.20. The van der Waals surface area contributed by atoms with Crippen LogP contribution in [0.5, 0.6) is 0 Å². The monoisotopic (exact) mass is 191 g/mol. The second-order valence-corrected chi connectivity index (χ2v) is 6.05. The summed E-state index contributed by atoms with van der Waals surface area (Å²) < 4.78 is 2.37. The van der Waals surface area contributed by atoms with Crippen LogP contribution in [0.4, 0.5) is 0 Å². The van der Waals surface area contributed by atoms with E-state index in [4.69, 9.17) is 0 Å². The lowest BCUT2D eigenvalue weighted by Gasteiger charge is -2.24. The summed E-state index contributed by atoms with van der Waals surface area (Å²) >= 11 is 0. The lowest BCUT2D eigenvalue weighted by molar-refractivity contribution is 0.391.